The molecule has 0 bridgehead atoms. The molecular weight excluding hydrogens is 312 g/mol. The van der Waals surface area contributed by atoms with Gasteiger partial charge in [-0.1, -0.05) is 17.3 Å². The van der Waals surface area contributed by atoms with Gasteiger partial charge in [0.1, 0.15) is 17.1 Å². The Hall–Kier alpha value is -2.83. The quantitative estimate of drug-likeness (QED) is 0.818. The molecule has 128 valence electrons. The van der Waals surface area contributed by atoms with Crippen molar-refractivity contribution in [2.75, 3.05) is 11.9 Å². The molecule has 2 rings (SSSR count). The lowest BCUT2D eigenvalue weighted by atomic mass is 10.2. The molecule has 0 saturated carbocycles. The van der Waals surface area contributed by atoms with Gasteiger partial charge in [0.05, 0.1) is 18.0 Å². The van der Waals surface area contributed by atoms with Crippen LogP contribution in [-0.2, 0) is 9.53 Å². The van der Waals surface area contributed by atoms with Crippen LogP contribution in [0.25, 0.3) is 0 Å². The van der Waals surface area contributed by atoms with Crippen molar-refractivity contribution in [3.05, 3.63) is 41.3 Å². The number of carbonyl (C=O) groups is 2. The van der Waals surface area contributed by atoms with E-state index in [4.69, 9.17) is 14.0 Å². The van der Waals surface area contributed by atoms with Crippen LogP contribution < -0.4 is 10.1 Å². The number of hydrogen-bond donors (Lipinski definition) is 1. The summed E-state index contributed by atoms with van der Waals surface area (Å²) >= 11 is 0. The number of aromatic nitrogens is 1. The van der Waals surface area contributed by atoms with E-state index in [0.717, 1.165) is 0 Å². The van der Waals surface area contributed by atoms with Crippen LogP contribution in [0, 0.1) is 13.8 Å². The summed E-state index contributed by atoms with van der Waals surface area (Å²) in [6.07, 6.45) is -0.985. The van der Waals surface area contributed by atoms with Gasteiger partial charge in [-0.3, -0.25) is 4.79 Å². The standard InChI is InChI=1S/C17H20N2O5/c1-5-22-14-9-7-6-8-13(14)18-16(20)12(4)23-17(21)15-10(2)19-24-11(15)3/h6-9,12H,5H2,1-4H3,(H,18,20)/t12-/m1/s1. The van der Waals surface area contributed by atoms with Crippen LogP contribution in [0.2, 0.25) is 0 Å². The van der Waals surface area contributed by atoms with Crippen molar-refractivity contribution in [3.63, 3.8) is 0 Å². The van der Waals surface area contributed by atoms with Crippen molar-refractivity contribution >= 4 is 17.6 Å². The highest BCUT2D eigenvalue weighted by molar-refractivity contribution is 5.98. The van der Waals surface area contributed by atoms with Crippen LogP contribution in [0.5, 0.6) is 5.75 Å². The van der Waals surface area contributed by atoms with Gasteiger partial charge in [0.15, 0.2) is 6.10 Å². The summed E-state index contributed by atoms with van der Waals surface area (Å²) in [5, 5.41) is 6.39. The molecule has 0 unspecified atom stereocenters. The summed E-state index contributed by atoms with van der Waals surface area (Å²) in [6, 6.07) is 7.05. The second-order valence-corrected chi connectivity index (χ2v) is 5.17. The highest BCUT2D eigenvalue weighted by Crippen LogP contribution is 2.24. The van der Waals surface area contributed by atoms with Gasteiger partial charge in [0.2, 0.25) is 0 Å². The molecule has 1 atom stereocenters. The minimum atomic E-state index is -0.985. The maximum atomic E-state index is 12.3. The third-order valence-corrected chi connectivity index (χ3v) is 3.34. The van der Waals surface area contributed by atoms with Gasteiger partial charge >= 0.3 is 5.97 Å². The van der Waals surface area contributed by atoms with Gasteiger partial charge in [-0.15, -0.1) is 0 Å². The molecule has 1 amide bonds. The normalized spacial score (nSPS) is 11.7. The second-order valence-electron chi connectivity index (χ2n) is 5.17. The summed E-state index contributed by atoms with van der Waals surface area (Å²) in [6.45, 7) is 7.07. The smallest absolute Gasteiger partial charge is 0.344 e. The number of rotatable bonds is 6. The fourth-order valence-electron chi connectivity index (χ4n) is 2.13. The minimum absolute atomic E-state index is 0.240. The molecule has 0 aliphatic heterocycles. The molecular formula is C17H20N2O5. The molecule has 1 aromatic carbocycles. The summed E-state index contributed by atoms with van der Waals surface area (Å²) < 4.78 is 15.6. The van der Waals surface area contributed by atoms with Gasteiger partial charge in [-0.2, -0.15) is 0 Å². The number of benzene rings is 1. The Morgan fingerprint density at radius 1 is 1.29 bits per heavy atom. The number of carbonyl (C=O) groups excluding carboxylic acids is 2. The van der Waals surface area contributed by atoms with Gasteiger partial charge < -0.3 is 19.3 Å². The van der Waals surface area contributed by atoms with Crippen molar-refractivity contribution in [3.8, 4) is 5.75 Å². The van der Waals surface area contributed by atoms with Gasteiger partial charge in [0.25, 0.3) is 5.91 Å². The zero-order valence-electron chi connectivity index (χ0n) is 14.1. The summed E-state index contributed by atoms with van der Waals surface area (Å²) in [4.78, 5) is 24.4. The summed E-state index contributed by atoms with van der Waals surface area (Å²) in [7, 11) is 0. The average Bonchev–Trinajstić information content (AvgIpc) is 2.88. The highest BCUT2D eigenvalue weighted by atomic mass is 16.5. The zero-order valence-corrected chi connectivity index (χ0v) is 14.1. The molecule has 0 aliphatic rings. The number of hydrogen-bond acceptors (Lipinski definition) is 6. The summed E-state index contributed by atoms with van der Waals surface area (Å²) in [5.74, 6) is -0.196. The molecule has 0 spiro atoms. The average molecular weight is 332 g/mol. The van der Waals surface area contributed by atoms with Crippen LogP contribution in [0.4, 0.5) is 5.69 Å². The maximum Gasteiger partial charge on any atom is 0.344 e. The zero-order chi connectivity index (χ0) is 17.7. The van der Waals surface area contributed by atoms with E-state index in [0.29, 0.717) is 29.5 Å². The first-order valence-corrected chi connectivity index (χ1v) is 7.60. The Balaban J connectivity index is 2.04. The van der Waals surface area contributed by atoms with Crippen molar-refractivity contribution < 1.29 is 23.6 Å². The number of esters is 1. The van der Waals surface area contributed by atoms with Crippen LogP contribution in [-0.4, -0.2) is 29.7 Å². The molecule has 1 heterocycles. The first-order valence-electron chi connectivity index (χ1n) is 7.60. The van der Waals surface area contributed by atoms with Crippen LogP contribution in [0.15, 0.2) is 28.8 Å². The number of aryl methyl sites for hydroxylation is 2. The highest BCUT2D eigenvalue weighted by Gasteiger charge is 2.24. The topological polar surface area (TPSA) is 90.7 Å². The number of anilines is 1. The molecule has 0 saturated heterocycles. The molecule has 7 nitrogen and oxygen atoms in total. The largest absolute Gasteiger partial charge is 0.492 e. The predicted octanol–water partition coefficient (Wildman–Crippen LogP) is 2.87. The monoisotopic (exact) mass is 332 g/mol. The Kier molecular flexibility index (Phi) is 5.57. The van der Waals surface area contributed by atoms with Crippen LogP contribution in [0.3, 0.4) is 0 Å². The number of ether oxygens (including phenoxy) is 2. The number of nitrogens with zero attached hydrogens (tertiary/aromatic N) is 1. The van der Waals surface area contributed by atoms with Crippen molar-refractivity contribution in [1.82, 2.24) is 5.16 Å². The van der Waals surface area contributed by atoms with Crippen LogP contribution >= 0.6 is 0 Å². The van der Waals surface area contributed by atoms with E-state index in [1.165, 1.54) is 6.92 Å². The van der Waals surface area contributed by atoms with Crippen molar-refractivity contribution in [2.24, 2.45) is 0 Å². The Morgan fingerprint density at radius 2 is 2.00 bits per heavy atom. The summed E-state index contributed by atoms with van der Waals surface area (Å²) in [5.41, 5.74) is 1.18. The van der Waals surface area contributed by atoms with Crippen molar-refractivity contribution in [1.29, 1.82) is 0 Å². The fraction of sp³-hybridized carbons (Fsp3) is 0.353. The Bertz CT molecular complexity index is 719. The van der Waals surface area contributed by atoms with Gasteiger partial charge in [-0.05, 0) is 39.8 Å². The molecule has 24 heavy (non-hydrogen) atoms. The fourth-order valence-corrected chi connectivity index (χ4v) is 2.13. The number of nitrogens with one attached hydrogen (secondary N) is 1. The SMILES string of the molecule is CCOc1ccccc1NC(=O)[C@@H](C)OC(=O)c1c(C)noc1C. The molecule has 1 N–H and O–H groups in total. The molecule has 0 radical (unpaired) electrons. The first kappa shape index (κ1) is 17.5. The van der Waals surface area contributed by atoms with E-state index >= 15 is 0 Å². The van der Waals surface area contributed by atoms with E-state index in [1.807, 2.05) is 13.0 Å². The lowest BCUT2D eigenvalue weighted by Crippen LogP contribution is -2.30. The molecule has 2 aromatic rings. The third kappa shape index (κ3) is 3.92. The minimum Gasteiger partial charge on any atom is -0.492 e. The van der Waals surface area contributed by atoms with E-state index in [9.17, 15) is 9.59 Å². The van der Waals surface area contributed by atoms with Gasteiger partial charge in [0, 0.05) is 0 Å². The first-order chi connectivity index (χ1) is 11.4. The molecule has 0 fully saturated rings. The second kappa shape index (κ2) is 7.63. The predicted molar refractivity (Wildman–Crippen MR) is 87.1 cm³/mol. The van der Waals surface area contributed by atoms with E-state index < -0.39 is 18.0 Å². The third-order valence-electron chi connectivity index (χ3n) is 3.34. The lowest BCUT2D eigenvalue weighted by Gasteiger charge is -2.15. The van der Waals surface area contributed by atoms with E-state index in [1.54, 1.807) is 32.0 Å². The van der Waals surface area contributed by atoms with E-state index in [2.05, 4.69) is 10.5 Å². The van der Waals surface area contributed by atoms with Crippen LogP contribution in [0.1, 0.15) is 35.7 Å². The maximum absolute atomic E-state index is 12.3. The number of para-hydroxylation sites is 2. The number of amides is 1. The lowest BCUT2D eigenvalue weighted by molar-refractivity contribution is -0.123. The van der Waals surface area contributed by atoms with Gasteiger partial charge in [-0.25, -0.2) is 4.79 Å². The molecule has 1 aromatic heterocycles. The molecule has 0 aliphatic carbocycles. The Morgan fingerprint density at radius 3 is 2.62 bits per heavy atom. The van der Waals surface area contributed by atoms with E-state index in [-0.39, 0.29) is 5.56 Å². The van der Waals surface area contributed by atoms with Crippen molar-refractivity contribution in [2.45, 2.75) is 33.8 Å². The Labute approximate surface area is 139 Å². The molecule has 7 heteroatoms.